The molecule has 0 unspecified atom stereocenters. The molecular formula is C21H30N4O3. The van der Waals surface area contributed by atoms with Gasteiger partial charge >= 0.3 is 5.69 Å². The predicted octanol–water partition coefficient (Wildman–Crippen LogP) is 2.10. The fraction of sp³-hybridized carbons (Fsp3) is 0.571. The van der Waals surface area contributed by atoms with Crippen molar-refractivity contribution in [2.75, 3.05) is 26.2 Å². The molecule has 3 rings (SSSR count). The average Bonchev–Trinajstić information content (AvgIpc) is 2.71. The number of H-pyrrole nitrogens is 1. The van der Waals surface area contributed by atoms with Crippen molar-refractivity contribution in [2.24, 2.45) is 0 Å². The Kier molecular flexibility index (Phi) is 7.03. The van der Waals surface area contributed by atoms with Crippen LogP contribution in [0.25, 0.3) is 10.9 Å². The molecular weight excluding hydrogens is 356 g/mol. The minimum Gasteiger partial charge on any atom is -0.352 e. The zero-order valence-corrected chi connectivity index (χ0v) is 16.6. The molecule has 1 aliphatic heterocycles. The highest BCUT2D eigenvalue weighted by molar-refractivity contribution is 5.97. The number of aromatic amines is 1. The van der Waals surface area contributed by atoms with Crippen LogP contribution in [0.1, 0.15) is 55.8 Å². The highest BCUT2D eigenvalue weighted by Crippen LogP contribution is 2.10. The molecule has 0 bridgehead atoms. The second kappa shape index (κ2) is 9.68. The van der Waals surface area contributed by atoms with Gasteiger partial charge in [0.15, 0.2) is 0 Å². The van der Waals surface area contributed by atoms with Crippen LogP contribution in [-0.2, 0) is 6.54 Å². The van der Waals surface area contributed by atoms with Gasteiger partial charge in [-0.05, 0) is 63.5 Å². The zero-order chi connectivity index (χ0) is 19.9. The number of piperidine rings is 1. The molecule has 152 valence electrons. The molecule has 1 aliphatic rings. The van der Waals surface area contributed by atoms with E-state index < -0.39 is 5.69 Å². The number of rotatable bonds is 8. The maximum absolute atomic E-state index is 12.5. The third kappa shape index (κ3) is 4.90. The van der Waals surface area contributed by atoms with Gasteiger partial charge in [0.25, 0.3) is 11.5 Å². The standard InChI is InChI=1S/C21H30N4O3/c1-2-3-14-25-20(27)17-9-8-16(15-18(17)23-21(25)28)19(26)22-10-7-13-24-11-5-4-6-12-24/h8-9,15H,2-7,10-14H2,1H3,(H,22,26)(H,23,28). The first-order valence-electron chi connectivity index (χ1n) is 10.4. The number of fused-ring (bicyclic) bond motifs is 1. The zero-order valence-electron chi connectivity index (χ0n) is 16.6. The highest BCUT2D eigenvalue weighted by atomic mass is 16.2. The van der Waals surface area contributed by atoms with Gasteiger partial charge in [0.1, 0.15) is 0 Å². The van der Waals surface area contributed by atoms with Gasteiger partial charge in [0, 0.05) is 18.7 Å². The molecule has 0 radical (unpaired) electrons. The molecule has 1 aromatic heterocycles. The van der Waals surface area contributed by atoms with E-state index in [0.29, 0.717) is 29.6 Å². The number of benzene rings is 1. The summed E-state index contributed by atoms with van der Waals surface area (Å²) in [5.74, 6) is -0.184. The van der Waals surface area contributed by atoms with Crippen LogP contribution in [0.2, 0.25) is 0 Å². The summed E-state index contributed by atoms with van der Waals surface area (Å²) in [7, 11) is 0. The lowest BCUT2D eigenvalue weighted by atomic mass is 10.1. The van der Waals surface area contributed by atoms with E-state index in [1.54, 1.807) is 18.2 Å². The van der Waals surface area contributed by atoms with Gasteiger partial charge in [0.2, 0.25) is 0 Å². The Morgan fingerprint density at radius 2 is 1.89 bits per heavy atom. The molecule has 1 aromatic carbocycles. The fourth-order valence-electron chi connectivity index (χ4n) is 3.70. The van der Waals surface area contributed by atoms with Gasteiger partial charge in [0.05, 0.1) is 10.9 Å². The van der Waals surface area contributed by atoms with Crippen molar-refractivity contribution in [3.63, 3.8) is 0 Å². The van der Waals surface area contributed by atoms with E-state index in [1.807, 2.05) is 6.92 Å². The van der Waals surface area contributed by atoms with Crippen molar-refractivity contribution in [3.8, 4) is 0 Å². The van der Waals surface area contributed by atoms with Crippen LogP contribution in [0.4, 0.5) is 0 Å². The van der Waals surface area contributed by atoms with Crippen molar-refractivity contribution in [1.82, 2.24) is 19.8 Å². The molecule has 1 amide bonds. The molecule has 1 fully saturated rings. The van der Waals surface area contributed by atoms with Gasteiger partial charge < -0.3 is 15.2 Å². The summed E-state index contributed by atoms with van der Waals surface area (Å²) in [5.41, 5.74) is 0.126. The molecule has 2 aromatic rings. The summed E-state index contributed by atoms with van der Waals surface area (Å²) in [6.45, 7) is 6.34. The number of hydrogen-bond acceptors (Lipinski definition) is 4. The second-order valence-corrected chi connectivity index (χ2v) is 7.51. The van der Waals surface area contributed by atoms with E-state index in [9.17, 15) is 14.4 Å². The molecule has 7 nitrogen and oxygen atoms in total. The molecule has 7 heteroatoms. The molecule has 28 heavy (non-hydrogen) atoms. The average molecular weight is 386 g/mol. The quantitative estimate of drug-likeness (QED) is 0.680. The first kappa shape index (κ1) is 20.3. The number of carbonyl (C=O) groups excluding carboxylic acids is 1. The van der Waals surface area contributed by atoms with Crippen LogP contribution in [0.15, 0.2) is 27.8 Å². The van der Waals surface area contributed by atoms with Crippen molar-refractivity contribution < 1.29 is 4.79 Å². The van der Waals surface area contributed by atoms with Gasteiger partial charge in [-0.3, -0.25) is 14.2 Å². The lowest BCUT2D eigenvalue weighted by molar-refractivity contribution is 0.0951. The van der Waals surface area contributed by atoms with Crippen LogP contribution in [0.5, 0.6) is 0 Å². The van der Waals surface area contributed by atoms with E-state index in [-0.39, 0.29) is 11.5 Å². The van der Waals surface area contributed by atoms with Crippen LogP contribution in [0.3, 0.4) is 0 Å². The number of aromatic nitrogens is 2. The van der Waals surface area contributed by atoms with Gasteiger partial charge in [-0.1, -0.05) is 19.8 Å². The Morgan fingerprint density at radius 1 is 1.11 bits per heavy atom. The highest BCUT2D eigenvalue weighted by Gasteiger charge is 2.12. The maximum atomic E-state index is 12.5. The monoisotopic (exact) mass is 386 g/mol. The number of likely N-dealkylation sites (tertiary alicyclic amines) is 1. The molecule has 1 saturated heterocycles. The SMILES string of the molecule is CCCCn1c(=O)[nH]c2cc(C(=O)NCCCN3CCCCC3)ccc2c1=O. The molecule has 0 aliphatic carbocycles. The van der Waals surface area contributed by atoms with Gasteiger partial charge in [-0.25, -0.2) is 4.79 Å². The van der Waals surface area contributed by atoms with Crippen molar-refractivity contribution in [2.45, 2.75) is 52.0 Å². The Bertz CT molecular complexity index is 925. The Morgan fingerprint density at radius 3 is 2.64 bits per heavy atom. The predicted molar refractivity (Wildman–Crippen MR) is 111 cm³/mol. The largest absolute Gasteiger partial charge is 0.352 e. The molecule has 0 atom stereocenters. The minimum atomic E-state index is -0.426. The van der Waals surface area contributed by atoms with E-state index in [1.165, 1.54) is 23.8 Å². The summed E-state index contributed by atoms with van der Waals surface area (Å²) in [5, 5.41) is 3.36. The second-order valence-electron chi connectivity index (χ2n) is 7.51. The Balaban J connectivity index is 1.63. The summed E-state index contributed by atoms with van der Waals surface area (Å²) in [6, 6.07) is 4.85. The number of carbonyl (C=O) groups is 1. The topological polar surface area (TPSA) is 87.2 Å². The number of hydrogen-bond donors (Lipinski definition) is 2. The Hall–Kier alpha value is -2.41. The van der Waals surface area contributed by atoms with Crippen molar-refractivity contribution in [1.29, 1.82) is 0 Å². The normalized spacial score (nSPS) is 15.0. The molecule has 0 saturated carbocycles. The maximum Gasteiger partial charge on any atom is 0.328 e. The lowest BCUT2D eigenvalue weighted by Gasteiger charge is -2.26. The summed E-state index contributed by atoms with van der Waals surface area (Å²) in [6.07, 6.45) is 6.44. The molecule has 2 heterocycles. The van der Waals surface area contributed by atoms with Crippen molar-refractivity contribution >= 4 is 16.8 Å². The van der Waals surface area contributed by atoms with Crippen LogP contribution in [0, 0.1) is 0 Å². The van der Waals surface area contributed by atoms with E-state index in [0.717, 1.165) is 38.9 Å². The van der Waals surface area contributed by atoms with Crippen LogP contribution >= 0.6 is 0 Å². The Labute approximate surface area is 164 Å². The first-order chi connectivity index (χ1) is 13.6. The third-order valence-electron chi connectivity index (χ3n) is 5.36. The van der Waals surface area contributed by atoms with E-state index in [4.69, 9.17) is 0 Å². The number of unbranched alkanes of at least 4 members (excludes halogenated alkanes) is 1. The van der Waals surface area contributed by atoms with Crippen LogP contribution in [-0.4, -0.2) is 46.5 Å². The fourth-order valence-corrected chi connectivity index (χ4v) is 3.70. The smallest absolute Gasteiger partial charge is 0.328 e. The van der Waals surface area contributed by atoms with E-state index >= 15 is 0 Å². The van der Waals surface area contributed by atoms with Gasteiger partial charge in [-0.15, -0.1) is 0 Å². The minimum absolute atomic E-state index is 0.184. The lowest BCUT2D eigenvalue weighted by Crippen LogP contribution is -2.35. The number of amides is 1. The number of nitrogens with zero attached hydrogens (tertiary/aromatic N) is 2. The van der Waals surface area contributed by atoms with Gasteiger partial charge in [-0.2, -0.15) is 0 Å². The summed E-state index contributed by atoms with van der Waals surface area (Å²) in [4.78, 5) is 42.3. The number of nitrogens with one attached hydrogen (secondary N) is 2. The van der Waals surface area contributed by atoms with E-state index in [2.05, 4.69) is 15.2 Å². The first-order valence-corrected chi connectivity index (χ1v) is 10.4. The molecule has 0 spiro atoms. The summed E-state index contributed by atoms with van der Waals surface area (Å²) >= 11 is 0. The summed E-state index contributed by atoms with van der Waals surface area (Å²) < 4.78 is 1.23. The van der Waals surface area contributed by atoms with Crippen LogP contribution < -0.4 is 16.6 Å². The van der Waals surface area contributed by atoms with Crippen molar-refractivity contribution in [3.05, 3.63) is 44.6 Å². The third-order valence-corrected chi connectivity index (χ3v) is 5.36. The molecule has 2 N–H and O–H groups in total.